The highest BCUT2D eigenvalue weighted by Crippen LogP contribution is 2.18. The lowest BCUT2D eigenvalue weighted by molar-refractivity contribution is 0.389. The summed E-state index contributed by atoms with van der Waals surface area (Å²) in [5.41, 5.74) is 0.959. The minimum absolute atomic E-state index is 0.305. The molecule has 2 rings (SSSR count). The lowest BCUT2D eigenvalue weighted by Crippen LogP contribution is -2.46. The van der Waals surface area contributed by atoms with Gasteiger partial charge in [-0.2, -0.15) is 0 Å². The smallest absolute Gasteiger partial charge is 0.240 e. The van der Waals surface area contributed by atoms with Crippen LogP contribution in [0.15, 0.2) is 29.2 Å². The number of hydrogen-bond donors (Lipinski definition) is 3. The van der Waals surface area contributed by atoms with Crippen molar-refractivity contribution >= 4 is 15.7 Å². The van der Waals surface area contributed by atoms with Gasteiger partial charge in [-0.15, -0.1) is 0 Å². The van der Waals surface area contributed by atoms with Crippen LogP contribution in [-0.2, 0) is 10.0 Å². The molecule has 20 heavy (non-hydrogen) atoms. The van der Waals surface area contributed by atoms with Gasteiger partial charge in [-0.25, -0.2) is 13.1 Å². The van der Waals surface area contributed by atoms with E-state index in [1.807, 2.05) is 12.1 Å². The molecule has 0 bridgehead atoms. The lowest BCUT2D eigenvalue weighted by Gasteiger charge is -2.31. The summed E-state index contributed by atoms with van der Waals surface area (Å²) in [7, 11) is -3.36. The number of piperidine rings is 1. The molecule has 112 valence electrons. The molecule has 0 saturated carbocycles. The van der Waals surface area contributed by atoms with Crippen LogP contribution in [0, 0.1) is 0 Å². The SMILES string of the molecule is CCNS(=O)(=O)c1ccc(NC2CCCNC2C)cc1. The fourth-order valence-electron chi connectivity index (χ4n) is 2.46. The lowest BCUT2D eigenvalue weighted by atomic mass is 9.99. The molecule has 5 nitrogen and oxygen atoms in total. The molecule has 0 aromatic heterocycles. The van der Waals surface area contributed by atoms with Gasteiger partial charge in [0.15, 0.2) is 0 Å². The molecule has 1 fully saturated rings. The Morgan fingerprint density at radius 2 is 2.00 bits per heavy atom. The van der Waals surface area contributed by atoms with Crippen LogP contribution in [0.2, 0.25) is 0 Å². The Kier molecular flexibility index (Phi) is 5.01. The highest BCUT2D eigenvalue weighted by Gasteiger charge is 2.20. The summed E-state index contributed by atoms with van der Waals surface area (Å²) >= 11 is 0. The number of nitrogens with one attached hydrogen (secondary N) is 3. The Morgan fingerprint density at radius 3 is 2.60 bits per heavy atom. The Morgan fingerprint density at radius 1 is 1.30 bits per heavy atom. The molecule has 2 atom stereocenters. The van der Waals surface area contributed by atoms with Gasteiger partial charge in [0.05, 0.1) is 4.90 Å². The van der Waals surface area contributed by atoms with E-state index in [0.29, 0.717) is 23.5 Å². The van der Waals surface area contributed by atoms with E-state index in [1.54, 1.807) is 19.1 Å². The van der Waals surface area contributed by atoms with Crippen molar-refractivity contribution in [3.05, 3.63) is 24.3 Å². The second-order valence-corrected chi connectivity index (χ2v) is 6.93. The Balaban J connectivity index is 2.05. The van der Waals surface area contributed by atoms with E-state index in [-0.39, 0.29) is 0 Å². The van der Waals surface area contributed by atoms with Gasteiger partial charge >= 0.3 is 0 Å². The summed E-state index contributed by atoms with van der Waals surface area (Å²) in [5, 5.41) is 6.90. The first-order valence-corrected chi connectivity index (χ1v) is 8.61. The molecule has 1 aromatic rings. The van der Waals surface area contributed by atoms with E-state index in [2.05, 4.69) is 22.3 Å². The summed E-state index contributed by atoms with van der Waals surface area (Å²) in [4.78, 5) is 0.305. The van der Waals surface area contributed by atoms with Gasteiger partial charge in [0.1, 0.15) is 0 Å². The highest BCUT2D eigenvalue weighted by atomic mass is 32.2. The summed E-state index contributed by atoms with van der Waals surface area (Å²) < 4.78 is 26.2. The minimum Gasteiger partial charge on any atom is -0.381 e. The van der Waals surface area contributed by atoms with Crippen LogP contribution >= 0.6 is 0 Å². The predicted octanol–water partition coefficient (Wildman–Crippen LogP) is 1.54. The molecule has 6 heteroatoms. The van der Waals surface area contributed by atoms with E-state index in [1.165, 1.54) is 0 Å². The van der Waals surface area contributed by atoms with Crippen molar-refractivity contribution in [2.45, 2.75) is 43.7 Å². The molecule has 1 aliphatic rings. The average Bonchev–Trinajstić information content (AvgIpc) is 2.42. The maximum Gasteiger partial charge on any atom is 0.240 e. The van der Waals surface area contributed by atoms with E-state index in [9.17, 15) is 8.42 Å². The first kappa shape index (κ1) is 15.3. The van der Waals surface area contributed by atoms with Crippen molar-refractivity contribution in [1.82, 2.24) is 10.0 Å². The molecule has 2 unspecified atom stereocenters. The molecule has 1 saturated heterocycles. The normalized spacial score (nSPS) is 23.5. The topological polar surface area (TPSA) is 70.2 Å². The van der Waals surface area contributed by atoms with E-state index >= 15 is 0 Å². The Bertz CT molecular complexity index is 528. The first-order valence-electron chi connectivity index (χ1n) is 7.12. The van der Waals surface area contributed by atoms with Gasteiger partial charge in [0.25, 0.3) is 0 Å². The van der Waals surface area contributed by atoms with Crippen LogP contribution < -0.4 is 15.4 Å². The second kappa shape index (κ2) is 6.56. The summed E-state index contributed by atoms with van der Waals surface area (Å²) in [6.07, 6.45) is 2.29. The standard InChI is InChI=1S/C14H23N3O2S/c1-3-16-20(18,19)13-8-6-12(7-9-13)17-14-5-4-10-15-11(14)2/h6-9,11,14-17H,3-5,10H2,1-2H3. The van der Waals surface area contributed by atoms with Gasteiger partial charge < -0.3 is 10.6 Å². The number of sulfonamides is 1. The molecule has 3 N–H and O–H groups in total. The zero-order chi connectivity index (χ0) is 14.6. The molecule has 0 aliphatic carbocycles. The Labute approximate surface area is 121 Å². The fourth-order valence-corrected chi connectivity index (χ4v) is 3.50. The largest absolute Gasteiger partial charge is 0.381 e. The third-order valence-electron chi connectivity index (χ3n) is 3.61. The van der Waals surface area contributed by atoms with Crippen LogP contribution in [0.5, 0.6) is 0 Å². The number of hydrogen-bond acceptors (Lipinski definition) is 4. The van der Waals surface area contributed by atoms with E-state index < -0.39 is 10.0 Å². The zero-order valence-corrected chi connectivity index (χ0v) is 12.8. The molecule has 1 aromatic carbocycles. The molecule has 0 radical (unpaired) electrons. The number of benzene rings is 1. The quantitative estimate of drug-likeness (QED) is 0.771. The molecule has 0 amide bonds. The van der Waals surface area contributed by atoms with Gasteiger partial charge in [0, 0.05) is 24.3 Å². The van der Waals surface area contributed by atoms with Crippen molar-refractivity contribution in [2.24, 2.45) is 0 Å². The minimum atomic E-state index is -3.36. The van der Waals surface area contributed by atoms with E-state index in [0.717, 1.165) is 25.1 Å². The maximum absolute atomic E-state index is 11.8. The van der Waals surface area contributed by atoms with Crippen LogP contribution in [0.25, 0.3) is 0 Å². The van der Waals surface area contributed by atoms with Crippen LogP contribution in [0.1, 0.15) is 26.7 Å². The summed E-state index contributed by atoms with van der Waals surface area (Å²) in [6, 6.07) is 7.74. The Hall–Kier alpha value is -1.11. The molecular formula is C14H23N3O2S. The fraction of sp³-hybridized carbons (Fsp3) is 0.571. The second-order valence-electron chi connectivity index (χ2n) is 5.16. The van der Waals surface area contributed by atoms with Crippen molar-refractivity contribution in [2.75, 3.05) is 18.4 Å². The summed E-state index contributed by atoms with van der Waals surface area (Å²) in [5.74, 6) is 0. The monoisotopic (exact) mass is 297 g/mol. The summed E-state index contributed by atoms with van der Waals surface area (Å²) in [6.45, 7) is 5.40. The van der Waals surface area contributed by atoms with Crippen molar-refractivity contribution in [1.29, 1.82) is 0 Å². The number of anilines is 1. The van der Waals surface area contributed by atoms with Crippen LogP contribution in [-0.4, -0.2) is 33.6 Å². The van der Waals surface area contributed by atoms with Crippen LogP contribution in [0.4, 0.5) is 5.69 Å². The molecule has 1 aliphatic heterocycles. The highest BCUT2D eigenvalue weighted by molar-refractivity contribution is 7.89. The van der Waals surface area contributed by atoms with Gasteiger partial charge in [0.2, 0.25) is 10.0 Å². The zero-order valence-electron chi connectivity index (χ0n) is 12.0. The molecule has 0 spiro atoms. The van der Waals surface area contributed by atoms with Crippen molar-refractivity contribution < 1.29 is 8.42 Å². The maximum atomic E-state index is 11.8. The van der Waals surface area contributed by atoms with Crippen molar-refractivity contribution in [3.8, 4) is 0 Å². The van der Waals surface area contributed by atoms with Crippen LogP contribution in [0.3, 0.4) is 0 Å². The predicted molar refractivity (Wildman–Crippen MR) is 81.4 cm³/mol. The van der Waals surface area contributed by atoms with Gasteiger partial charge in [-0.1, -0.05) is 6.92 Å². The number of rotatable bonds is 5. The first-order chi connectivity index (χ1) is 9.53. The van der Waals surface area contributed by atoms with Gasteiger partial charge in [-0.05, 0) is 50.6 Å². The third kappa shape index (κ3) is 3.71. The van der Waals surface area contributed by atoms with Crippen molar-refractivity contribution in [3.63, 3.8) is 0 Å². The average molecular weight is 297 g/mol. The molecule has 1 heterocycles. The third-order valence-corrected chi connectivity index (χ3v) is 5.17. The molecular weight excluding hydrogens is 274 g/mol. The van der Waals surface area contributed by atoms with E-state index in [4.69, 9.17) is 0 Å². The van der Waals surface area contributed by atoms with Gasteiger partial charge in [-0.3, -0.25) is 0 Å².